The molecule has 1 spiro atoms. The zero-order valence-electron chi connectivity index (χ0n) is 11.0. The number of amides is 3. The zero-order valence-corrected chi connectivity index (χ0v) is 11.0. The van der Waals surface area contributed by atoms with E-state index in [0.29, 0.717) is 19.6 Å². The fourth-order valence-electron chi connectivity index (χ4n) is 3.17. The molecular formula is C13H17N3O3. The second kappa shape index (κ2) is 4.09. The van der Waals surface area contributed by atoms with Gasteiger partial charge in [0.25, 0.3) is 5.91 Å². The van der Waals surface area contributed by atoms with Crippen LogP contribution in [0.4, 0.5) is 4.79 Å². The van der Waals surface area contributed by atoms with E-state index in [2.05, 4.69) is 5.32 Å². The van der Waals surface area contributed by atoms with Gasteiger partial charge in [0, 0.05) is 19.6 Å². The van der Waals surface area contributed by atoms with Gasteiger partial charge in [-0.3, -0.25) is 9.69 Å². The van der Waals surface area contributed by atoms with E-state index >= 15 is 0 Å². The maximum atomic E-state index is 12.6. The fraction of sp³-hybridized carbons (Fsp3) is 0.538. The second-order valence-electron chi connectivity index (χ2n) is 5.22. The first-order valence-electron chi connectivity index (χ1n) is 6.44. The van der Waals surface area contributed by atoms with Crippen molar-refractivity contribution in [2.75, 3.05) is 26.7 Å². The van der Waals surface area contributed by atoms with Gasteiger partial charge in [-0.15, -0.1) is 0 Å². The molecule has 0 bridgehead atoms. The highest BCUT2D eigenvalue weighted by Crippen LogP contribution is 2.39. The number of carbonyl (C=O) groups is 2. The number of rotatable bonds is 2. The van der Waals surface area contributed by atoms with Crippen molar-refractivity contribution in [1.82, 2.24) is 15.1 Å². The molecule has 2 saturated heterocycles. The van der Waals surface area contributed by atoms with Crippen LogP contribution in [0.5, 0.6) is 0 Å². The average Bonchev–Trinajstić information content (AvgIpc) is 3.02. The molecule has 2 aliphatic heterocycles. The van der Waals surface area contributed by atoms with Gasteiger partial charge in [0.05, 0.1) is 12.2 Å². The summed E-state index contributed by atoms with van der Waals surface area (Å²) >= 11 is 0. The predicted molar refractivity (Wildman–Crippen MR) is 67.6 cm³/mol. The van der Waals surface area contributed by atoms with Crippen molar-refractivity contribution >= 4 is 11.9 Å². The average molecular weight is 263 g/mol. The third-order valence-corrected chi connectivity index (χ3v) is 4.01. The van der Waals surface area contributed by atoms with Crippen molar-refractivity contribution in [2.45, 2.75) is 18.4 Å². The standard InChI is InChI=1S/C13H17N3O3/c1-3-16-11(17)13(14-12(16)18)8-15(2)7-9(13)10-5-4-6-19-10/h4-6,9H,3,7-8H2,1-2H3,(H,14,18)/t9-,13-/m0/s1. The maximum Gasteiger partial charge on any atom is 0.325 e. The lowest BCUT2D eigenvalue weighted by Crippen LogP contribution is -2.52. The Labute approximate surface area is 111 Å². The monoisotopic (exact) mass is 263 g/mol. The van der Waals surface area contributed by atoms with Gasteiger partial charge in [-0.2, -0.15) is 0 Å². The molecule has 1 N–H and O–H groups in total. The number of hydrogen-bond acceptors (Lipinski definition) is 4. The quantitative estimate of drug-likeness (QED) is 0.794. The van der Waals surface area contributed by atoms with Crippen LogP contribution < -0.4 is 5.32 Å². The van der Waals surface area contributed by atoms with Crippen LogP contribution in [-0.4, -0.2) is 54.0 Å². The molecule has 6 nitrogen and oxygen atoms in total. The Kier molecular flexibility index (Phi) is 2.63. The molecule has 1 aromatic heterocycles. The molecule has 19 heavy (non-hydrogen) atoms. The van der Waals surface area contributed by atoms with Crippen LogP contribution in [0.1, 0.15) is 18.6 Å². The third kappa shape index (κ3) is 1.59. The Morgan fingerprint density at radius 1 is 1.53 bits per heavy atom. The second-order valence-corrected chi connectivity index (χ2v) is 5.22. The fourth-order valence-corrected chi connectivity index (χ4v) is 3.17. The van der Waals surface area contributed by atoms with Crippen molar-refractivity contribution in [1.29, 1.82) is 0 Å². The van der Waals surface area contributed by atoms with E-state index in [1.165, 1.54) is 4.90 Å². The summed E-state index contributed by atoms with van der Waals surface area (Å²) in [5, 5.41) is 2.88. The van der Waals surface area contributed by atoms with E-state index in [9.17, 15) is 9.59 Å². The van der Waals surface area contributed by atoms with E-state index < -0.39 is 5.54 Å². The number of nitrogens with zero attached hydrogens (tertiary/aromatic N) is 2. The van der Waals surface area contributed by atoms with Gasteiger partial charge in [-0.05, 0) is 26.1 Å². The van der Waals surface area contributed by atoms with Crippen LogP contribution in [0.15, 0.2) is 22.8 Å². The Morgan fingerprint density at radius 3 is 2.89 bits per heavy atom. The topological polar surface area (TPSA) is 65.8 Å². The molecule has 2 fully saturated rings. The third-order valence-electron chi connectivity index (χ3n) is 4.01. The number of nitrogens with one attached hydrogen (secondary N) is 1. The molecule has 102 valence electrons. The Morgan fingerprint density at radius 2 is 2.32 bits per heavy atom. The number of furan rings is 1. The van der Waals surface area contributed by atoms with Gasteiger partial charge in [0.15, 0.2) is 0 Å². The summed E-state index contributed by atoms with van der Waals surface area (Å²) in [6.45, 7) is 3.40. The molecular weight excluding hydrogens is 246 g/mol. The molecule has 0 unspecified atom stereocenters. The van der Waals surface area contributed by atoms with Crippen LogP contribution >= 0.6 is 0 Å². The molecule has 0 aromatic carbocycles. The molecule has 0 radical (unpaired) electrons. The van der Waals surface area contributed by atoms with Crippen LogP contribution in [0.3, 0.4) is 0 Å². The van der Waals surface area contributed by atoms with E-state index in [0.717, 1.165) is 5.76 Å². The first-order valence-corrected chi connectivity index (χ1v) is 6.44. The van der Waals surface area contributed by atoms with Crippen molar-refractivity contribution < 1.29 is 14.0 Å². The van der Waals surface area contributed by atoms with Gasteiger partial charge in [0.1, 0.15) is 11.3 Å². The molecule has 0 aliphatic carbocycles. The molecule has 6 heteroatoms. The minimum absolute atomic E-state index is 0.138. The number of likely N-dealkylation sites (N-methyl/N-ethyl adjacent to an activating group) is 2. The lowest BCUT2D eigenvalue weighted by molar-refractivity contribution is -0.131. The normalized spacial score (nSPS) is 31.5. The van der Waals surface area contributed by atoms with Gasteiger partial charge in [-0.1, -0.05) is 0 Å². The lowest BCUT2D eigenvalue weighted by Gasteiger charge is -2.26. The van der Waals surface area contributed by atoms with Crippen molar-refractivity contribution in [2.24, 2.45) is 0 Å². The van der Waals surface area contributed by atoms with Crippen LogP contribution in [0.25, 0.3) is 0 Å². The highest BCUT2D eigenvalue weighted by Gasteiger charge is 2.60. The smallest absolute Gasteiger partial charge is 0.325 e. The Balaban J connectivity index is 2.02. The highest BCUT2D eigenvalue weighted by molar-refractivity contribution is 6.08. The number of carbonyl (C=O) groups excluding carboxylic acids is 2. The Hall–Kier alpha value is -1.82. The minimum Gasteiger partial charge on any atom is -0.469 e. The number of imide groups is 1. The molecule has 3 amide bonds. The lowest BCUT2D eigenvalue weighted by atomic mass is 9.85. The van der Waals surface area contributed by atoms with E-state index in [4.69, 9.17) is 4.42 Å². The summed E-state index contributed by atoms with van der Waals surface area (Å²) < 4.78 is 5.46. The van der Waals surface area contributed by atoms with E-state index in [-0.39, 0.29) is 17.9 Å². The number of likely N-dealkylation sites (tertiary alicyclic amines) is 1. The van der Waals surface area contributed by atoms with Crippen molar-refractivity contribution in [3.8, 4) is 0 Å². The van der Waals surface area contributed by atoms with Crippen LogP contribution in [0.2, 0.25) is 0 Å². The maximum absolute atomic E-state index is 12.6. The minimum atomic E-state index is -0.875. The highest BCUT2D eigenvalue weighted by atomic mass is 16.3. The van der Waals surface area contributed by atoms with Gasteiger partial charge in [-0.25, -0.2) is 4.79 Å². The summed E-state index contributed by atoms with van der Waals surface area (Å²) in [7, 11) is 1.94. The molecule has 1 aromatic rings. The summed E-state index contributed by atoms with van der Waals surface area (Å²) in [6.07, 6.45) is 1.60. The largest absolute Gasteiger partial charge is 0.469 e. The van der Waals surface area contributed by atoms with Crippen molar-refractivity contribution in [3.63, 3.8) is 0 Å². The number of urea groups is 1. The molecule has 2 atom stereocenters. The van der Waals surface area contributed by atoms with E-state index in [1.54, 1.807) is 19.3 Å². The van der Waals surface area contributed by atoms with Gasteiger partial charge >= 0.3 is 6.03 Å². The summed E-state index contributed by atoms with van der Waals surface area (Å²) in [4.78, 5) is 27.9. The van der Waals surface area contributed by atoms with Crippen molar-refractivity contribution in [3.05, 3.63) is 24.2 Å². The predicted octanol–water partition coefficient (Wildman–Crippen LogP) is 0.619. The summed E-state index contributed by atoms with van der Waals surface area (Å²) in [5.74, 6) is 0.460. The molecule has 3 rings (SSSR count). The summed E-state index contributed by atoms with van der Waals surface area (Å²) in [6, 6.07) is 3.36. The van der Waals surface area contributed by atoms with Crippen LogP contribution in [0, 0.1) is 0 Å². The SMILES string of the molecule is CCN1C(=O)N[C@]2(CN(C)C[C@H]2c2ccco2)C1=O. The molecule has 3 heterocycles. The van der Waals surface area contributed by atoms with Gasteiger partial charge < -0.3 is 14.6 Å². The first kappa shape index (κ1) is 12.2. The Bertz CT molecular complexity index is 513. The summed E-state index contributed by atoms with van der Waals surface area (Å²) in [5.41, 5.74) is -0.875. The van der Waals surface area contributed by atoms with Crippen LogP contribution in [-0.2, 0) is 4.79 Å². The molecule has 2 aliphatic rings. The molecule has 0 saturated carbocycles. The van der Waals surface area contributed by atoms with E-state index in [1.807, 2.05) is 18.0 Å². The van der Waals surface area contributed by atoms with Gasteiger partial charge in [0.2, 0.25) is 0 Å². The zero-order chi connectivity index (χ0) is 13.6. The first-order chi connectivity index (χ1) is 9.08. The number of hydrogen-bond donors (Lipinski definition) is 1.